The van der Waals surface area contributed by atoms with E-state index in [-0.39, 0.29) is 12.3 Å². The van der Waals surface area contributed by atoms with Crippen molar-refractivity contribution in [2.45, 2.75) is 44.6 Å². The number of nitrogens with zero attached hydrogens (tertiary/aromatic N) is 2. The largest absolute Gasteiger partial charge is 0.481 e. The minimum Gasteiger partial charge on any atom is -0.481 e. The van der Waals surface area contributed by atoms with Crippen molar-refractivity contribution in [1.29, 1.82) is 0 Å². The highest BCUT2D eigenvalue weighted by Gasteiger charge is 2.37. The van der Waals surface area contributed by atoms with E-state index in [9.17, 15) is 9.59 Å². The summed E-state index contributed by atoms with van der Waals surface area (Å²) < 4.78 is 0. The third-order valence-corrected chi connectivity index (χ3v) is 3.59. The molecule has 102 valence electrons. The lowest BCUT2D eigenvalue weighted by Gasteiger charge is -2.28. The molecule has 19 heavy (non-hydrogen) atoms. The van der Waals surface area contributed by atoms with Crippen molar-refractivity contribution in [1.82, 2.24) is 15.3 Å². The second kappa shape index (κ2) is 5.34. The number of aryl methyl sites for hydroxylation is 1. The number of carboxylic acid groups (broad SMARTS) is 1. The van der Waals surface area contributed by atoms with E-state index in [0.717, 1.165) is 12.8 Å². The van der Waals surface area contributed by atoms with Crippen molar-refractivity contribution < 1.29 is 14.7 Å². The van der Waals surface area contributed by atoms with Crippen LogP contribution < -0.4 is 5.32 Å². The molecule has 2 N–H and O–H groups in total. The standard InChI is InChI=1S/C13H17N3O3/c1-9-10(7-14-8-15-9)12(19)16-13(6-11(17)18)4-2-3-5-13/h7-8H,2-6H2,1H3,(H,16,19)(H,17,18). The smallest absolute Gasteiger partial charge is 0.305 e. The first-order valence-electron chi connectivity index (χ1n) is 6.33. The van der Waals surface area contributed by atoms with Gasteiger partial charge in [-0.3, -0.25) is 9.59 Å². The zero-order valence-electron chi connectivity index (χ0n) is 10.8. The number of rotatable bonds is 4. The maximum atomic E-state index is 12.2. The second-order valence-electron chi connectivity index (χ2n) is 5.03. The Morgan fingerprint density at radius 1 is 1.42 bits per heavy atom. The molecule has 0 aliphatic heterocycles. The molecule has 1 amide bonds. The van der Waals surface area contributed by atoms with E-state index < -0.39 is 11.5 Å². The lowest BCUT2D eigenvalue weighted by molar-refractivity contribution is -0.138. The molecule has 0 atom stereocenters. The summed E-state index contributed by atoms with van der Waals surface area (Å²) in [5, 5.41) is 11.9. The van der Waals surface area contributed by atoms with Crippen LogP contribution in [0, 0.1) is 6.92 Å². The van der Waals surface area contributed by atoms with Crippen LogP contribution in [0.3, 0.4) is 0 Å². The average Bonchev–Trinajstić information content (AvgIpc) is 2.76. The fourth-order valence-electron chi connectivity index (χ4n) is 2.61. The first-order chi connectivity index (χ1) is 9.02. The van der Waals surface area contributed by atoms with Crippen LogP contribution in [0.2, 0.25) is 0 Å². The van der Waals surface area contributed by atoms with Crippen LogP contribution in [0.15, 0.2) is 12.5 Å². The summed E-state index contributed by atoms with van der Waals surface area (Å²) in [7, 11) is 0. The molecular formula is C13H17N3O3. The average molecular weight is 263 g/mol. The number of carbonyl (C=O) groups is 2. The zero-order valence-corrected chi connectivity index (χ0v) is 10.8. The summed E-state index contributed by atoms with van der Waals surface area (Å²) in [6.45, 7) is 1.73. The molecule has 1 saturated carbocycles. The van der Waals surface area contributed by atoms with Crippen LogP contribution >= 0.6 is 0 Å². The molecule has 6 heteroatoms. The summed E-state index contributed by atoms with van der Waals surface area (Å²) in [6.07, 6.45) is 6.10. The Hall–Kier alpha value is -1.98. The van der Waals surface area contributed by atoms with Gasteiger partial charge in [0.15, 0.2) is 0 Å². The fraction of sp³-hybridized carbons (Fsp3) is 0.538. The van der Waals surface area contributed by atoms with Gasteiger partial charge in [-0.1, -0.05) is 12.8 Å². The lowest BCUT2D eigenvalue weighted by Crippen LogP contribution is -2.48. The lowest BCUT2D eigenvalue weighted by atomic mass is 9.92. The Kier molecular flexibility index (Phi) is 3.78. The number of aromatic nitrogens is 2. The van der Waals surface area contributed by atoms with Crippen LogP contribution in [-0.4, -0.2) is 32.5 Å². The van der Waals surface area contributed by atoms with E-state index in [2.05, 4.69) is 15.3 Å². The van der Waals surface area contributed by atoms with E-state index in [1.165, 1.54) is 12.5 Å². The molecule has 1 fully saturated rings. The van der Waals surface area contributed by atoms with Gasteiger partial charge in [-0.2, -0.15) is 0 Å². The first kappa shape index (κ1) is 13.5. The fourth-order valence-corrected chi connectivity index (χ4v) is 2.61. The van der Waals surface area contributed by atoms with Gasteiger partial charge in [-0.15, -0.1) is 0 Å². The van der Waals surface area contributed by atoms with Crippen LogP contribution in [0.5, 0.6) is 0 Å². The van der Waals surface area contributed by atoms with Gasteiger partial charge in [0.2, 0.25) is 0 Å². The van der Waals surface area contributed by atoms with Gasteiger partial charge >= 0.3 is 5.97 Å². The van der Waals surface area contributed by atoms with Gasteiger partial charge in [-0.25, -0.2) is 9.97 Å². The Labute approximate surface area is 111 Å². The molecule has 0 spiro atoms. The summed E-state index contributed by atoms with van der Waals surface area (Å²) in [4.78, 5) is 31.0. The number of hydrogen-bond acceptors (Lipinski definition) is 4. The zero-order chi connectivity index (χ0) is 13.9. The van der Waals surface area contributed by atoms with Gasteiger partial charge in [0.05, 0.1) is 23.2 Å². The van der Waals surface area contributed by atoms with Gasteiger partial charge in [0.1, 0.15) is 6.33 Å². The predicted molar refractivity (Wildman–Crippen MR) is 67.7 cm³/mol. The number of hydrogen-bond donors (Lipinski definition) is 2. The molecule has 6 nitrogen and oxygen atoms in total. The quantitative estimate of drug-likeness (QED) is 0.854. The third kappa shape index (κ3) is 3.07. The summed E-state index contributed by atoms with van der Waals surface area (Å²) in [5.41, 5.74) is 0.376. The molecule has 2 rings (SSSR count). The predicted octanol–water partition coefficient (Wildman–Crippen LogP) is 1.30. The molecule has 1 aromatic rings. The number of carbonyl (C=O) groups excluding carboxylic acids is 1. The minimum atomic E-state index is -0.886. The van der Waals surface area contributed by atoms with Crippen LogP contribution in [-0.2, 0) is 4.79 Å². The molecule has 1 heterocycles. The SMILES string of the molecule is Cc1ncncc1C(=O)NC1(CC(=O)O)CCCC1. The monoisotopic (exact) mass is 263 g/mol. The van der Waals surface area contributed by atoms with E-state index in [0.29, 0.717) is 24.1 Å². The highest BCUT2D eigenvalue weighted by atomic mass is 16.4. The van der Waals surface area contributed by atoms with Gasteiger partial charge in [-0.05, 0) is 19.8 Å². The molecule has 1 aliphatic carbocycles. The van der Waals surface area contributed by atoms with Crippen molar-refractivity contribution >= 4 is 11.9 Å². The van der Waals surface area contributed by atoms with Crippen LogP contribution in [0.4, 0.5) is 0 Å². The molecule has 1 aromatic heterocycles. The maximum absolute atomic E-state index is 12.2. The number of aliphatic carboxylic acids is 1. The van der Waals surface area contributed by atoms with E-state index in [1.54, 1.807) is 6.92 Å². The van der Waals surface area contributed by atoms with Gasteiger partial charge < -0.3 is 10.4 Å². The topological polar surface area (TPSA) is 92.2 Å². The number of carboxylic acids is 1. The molecular weight excluding hydrogens is 246 g/mol. The summed E-state index contributed by atoms with van der Waals surface area (Å²) in [6, 6.07) is 0. The van der Waals surface area contributed by atoms with Gasteiger partial charge in [0, 0.05) is 6.20 Å². The summed E-state index contributed by atoms with van der Waals surface area (Å²) >= 11 is 0. The highest BCUT2D eigenvalue weighted by Crippen LogP contribution is 2.33. The molecule has 0 radical (unpaired) electrons. The van der Waals surface area contributed by atoms with E-state index in [1.807, 2.05) is 0 Å². The minimum absolute atomic E-state index is 0.0362. The molecule has 0 saturated heterocycles. The molecule has 0 bridgehead atoms. The van der Waals surface area contributed by atoms with Crippen molar-refractivity contribution in [3.8, 4) is 0 Å². The Balaban J connectivity index is 2.16. The van der Waals surface area contributed by atoms with Crippen molar-refractivity contribution in [2.24, 2.45) is 0 Å². The van der Waals surface area contributed by atoms with Crippen molar-refractivity contribution in [3.63, 3.8) is 0 Å². The Bertz CT molecular complexity index is 496. The first-order valence-corrected chi connectivity index (χ1v) is 6.33. The van der Waals surface area contributed by atoms with Crippen LogP contribution in [0.1, 0.15) is 48.2 Å². The summed E-state index contributed by atoms with van der Waals surface area (Å²) in [5.74, 6) is -1.18. The normalized spacial score (nSPS) is 17.1. The van der Waals surface area contributed by atoms with Crippen molar-refractivity contribution in [3.05, 3.63) is 23.8 Å². The third-order valence-electron chi connectivity index (χ3n) is 3.59. The maximum Gasteiger partial charge on any atom is 0.305 e. The number of nitrogens with one attached hydrogen (secondary N) is 1. The van der Waals surface area contributed by atoms with Crippen LogP contribution in [0.25, 0.3) is 0 Å². The molecule has 0 unspecified atom stereocenters. The van der Waals surface area contributed by atoms with E-state index >= 15 is 0 Å². The van der Waals surface area contributed by atoms with E-state index in [4.69, 9.17) is 5.11 Å². The Morgan fingerprint density at radius 3 is 2.68 bits per heavy atom. The van der Waals surface area contributed by atoms with Gasteiger partial charge in [0.25, 0.3) is 5.91 Å². The number of amides is 1. The van der Waals surface area contributed by atoms with Crippen molar-refractivity contribution in [2.75, 3.05) is 0 Å². The second-order valence-corrected chi connectivity index (χ2v) is 5.03. The molecule has 0 aromatic carbocycles. The highest BCUT2D eigenvalue weighted by molar-refractivity contribution is 5.95. The molecule has 1 aliphatic rings. The Morgan fingerprint density at radius 2 is 2.11 bits per heavy atom.